The number of para-hydroxylation sites is 2. The van der Waals surface area contributed by atoms with E-state index in [-0.39, 0.29) is 25.0 Å². The van der Waals surface area contributed by atoms with Gasteiger partial charge in [0.25, 0.3) is 0 Å². The molecule has 0 aliphatic carbocycles. The fraction of sp³-hybridized carbons (Fsp3) is 0.467. The third kappa shape index (κ3) is 5.07. The predicted octanol–water partition coefficient (Wildman–Crippen LogP) is 1.02. The highest BCUT2D eigenvalue weighted by Gasteiger charge is 2.18. The molecule has 1 aliphatic rings. The maximum Gasteiger partial charge on any atom is 0.226 e. The number of hydrogen-bond acceptors (Lipinski definition) is 4. The topological polar surface area (TPSA) is 93.5 Å². The first-order valence-corrected chi connectivity index (χ1v) is 7.18. The molecule has 1 unspecified atom stereocenters. The second-order valence-corrected chi connectivity index (χ2v) is 5.11. The summed E-state index contributed by atoms with van der Waals surface area (Å²) in [7, 11) is 0. The van der Waals surface area contributed by atoms with Gasteiger partial charge in [0.1, 0.15) is 5.75 Å². The summed E-state index contributed by atoms with van der Waals surface area (Å²) < 4.78 is 5.49. The van der Waals surface area contributed by atoms with Gasteiger partial charge in [-0.05, 0) is 31.5 Å². The summed E-state index contributed by atoms with van der Waals surface area (Å²) in [5.41, 5.74) is 5.69. The average molecular weight is 291 g/mol. The van der Waals surface area contributed by atoms with Crippen molar-refractivity contribution < 1.29 is 14.3 Å². The molecule has 0 spiro atoms. The Bertz CT molecular complexity index is 499. The summed E-state index contributed by atoms with van der Waals surface area (Å²) in [6.45, 7) is 1.18. The van der Waals surface area contributed by atoms with Crippen LogP contribution in [0.5, 0.6) is 5.75 Å². The zero-order valence-electron chi connectivity index (χ0n) is 11.9. The van der Waals surface area contributed by atoms with E-state index in [1.54, 1.807) is 12.1 Å². The average Bonchev–Trinajstić information content (AvgIpc) is 2.93. The van der Waals surface area contributed by atoms with Gasteiger partial charge in [0.05, 0.1) is 18.7 Å². The molecule has 2 amide bonds. The van der Waals surface area contributed by atoms with Crippen molar-refractivity contribution in [1.29, 1.82) is 0 Å². The molecular formula is C15H21N3O3. The van der Waals surface area contributed by atoms with Gasteiger partial charge in [-0.15, -0.1) is 0 Å². The molecule has 0 bridgehead atoms. The molecule has 6 nitrogen and oxygen atoms in total. The fourth-order valence-electron chi connectivity index (χ4n) is 2.31. The Morgan fingerprint density at radius 2 is 2.19 bits per heavy atom. The molecule has 1 heterocycles. The highest BCUT2D eigenvalue weighted by molar-refractivity contribution is 5.92. The van der Waals surface area contributed by atoms with Crippen molar-refractivity contribution in [2.24, 2.45) is 5.73 Å². The summed E-state index contributed by atoms with van der Waals surface area (Å²) in [6.07, 6.45) is 2.75. The van der Waals surface area contributed by atoms with Gasteiger partial charge in [-0.3, -0.25) is 9.59 Å². The van der Waals surface area contributed by atoms with Gasteiger partial charge in [0, 0.05) is 12.5 Å². The van der Waals surface area contributed by atoms with Crippen molar-refractivity contribution in [2.75, 3.05) is 18.5 Å². The lowest BCUT2D eigenvalue weighted by Crippen LogP contribution is -2.27. The van der Waals surface area contributed by atoms with Gasteiger partial charge < -0.3 is 21.1 Å². The lowest BCUT2D eigenvalue weighted by molar-refractivity contribution is -0.118. The van der Waals surface area contributed by atoms with Gasteiger partial charge in [0.2, 0.25) is 11.8 Å². The van der Waals surface area contributed by atoms with Crippen molar-refractivity contribution in [3.05, 3.63) is 24.3 Å². The van der Waals surface area contributed by atoms with Crippen LogP contribution in [0, 0.1) is 0 Å². The Kier molecular flexibility index (Phi) is 5.57. The highest BCUT2D eigenvalue weighted by atomic mass is 16.5. The first-order valence-electron chi connectivity index (χ1n) is 7.18. The normalized spacial score (nSPS) is 17.4. The highest BCUT2D eigenvalue weighted by Crippen LogP contribution is 2.24. The standard InChI is InChI=1S/C15H21N3O3/c16-14(19)7-9-21-13-6-2-1-5-12(13)18-15(20)10-11-4-3-8-17-11/h1-2,5-6,11,17H,3-4,7-10H2,(H2,16,19)(H,18,20). The van der Waals surface area contributed by atoms with E-state index in [1.807, 2.05) is 12.1 Å². The summed E-state index contributed by atoms with van der Waals surface area (Å²) in [4.78, 5) is 22.7. The van der Waals surface area contributed by atoms with E-state index in [0.717, 1.165) is 19.4 Å². The van der Waals surface area contributed by atoms with Gasteiger partial charge >= 0.3 is 0 Å². The van der Waals surface area contributed by atoms with Crippen LogP contribution < -0.4 is 21.1 Å². The zero-order chi connectivity index (χ0) is 15.1. The third-order valence-corrected chi connectivity index (χ3v) is 3.36. The SMILES string of the molecule is NC(=O)CCOc1ccccc1NC(=O)CC1CCCN1. The van der Waals surface area contributed by atoms with E-state index in [1.165, 1.54) is 0 Å². The lowest BCUT2D eigenvalue weighted by Gasteiger charge is -2.14. The quantitative estimate of drug-likeness (QED) is 0.699. The molecule has 0 aromatic heterocycles. The molecule has 6 heteroatoms. The second kappa shape index (κ2) is 7.64. The molecule has 1 fully saturated rings. The van der Waals surface area contributed by atoms with Crippen LogP contribution in [0.15, 0.2) is 24.3 Å². The number of hydrogen-bond donors (Lipinski definition) is 3. The molecule has 1 aromatic carbocycles. The molecule has 1 saturated heterocycles. The minimum atomic E-state index is -0.413. The summed E-state index contributed by atoms with van der Waals surface area (Å²) in [5.74, 6) is 0.0932. The second-order valence-electron chi connectivity index (χ2n) is 5.11. The number of rotatable bonds is 7. The largest absolute Gasteiger partial charge is 0.491 e. The first kappa shape index (κ1) is 15.3. The Balaban J connectivity index is 1.89. The Morgan fingerprint density at radius 3 is 2.90 bits per heavy atom. The van der Waals surface area contributed by atoms with Gasteiger partial charge in [-0.1, -0.05) is 12.1 Å². The van der Waals surface area contributed by atoms with Gasteiger partial charge in [-0.25, -0.2) is 0 Å². The van der Waals surface area contributed by atoms with Crippen LogP contribution in [0.25, 0.3) is 0 Å². The van der Waals surface area contributed by atoms with Gasteiger partial charge in [-0.2, -0.15) is 0 Å². The zero-order valence-corrected chi connectivity index (χ0v) is 11.9. The Morgan fingerprint density at radius 1 is 1.38 bits per heavy atom. The fourth-order valence-corrected chi connectivity index (χ4v) is 2.31. The number of nitrogens with two attached hydrogens (primary N) is 1. The van der Waals surface area contributed by atoms with Crippen LogP contribution in [0.3, 0.4) is 0 Å². The Hall–Kier alpha value is -2.08. The van der Waals surface area contributed by atoms with Crippen LogP contribution in [-0.2, 0) is 9.59 Å². The van der Waals surface area contributed by atoms with Crippen molar-refractivity contribution in [1.82, 2.24) is 5.32 Å². The van der Waals surface area contributed by atoms with Crippen LogP contribution >= 0.6 is 0 Å². The summed E-state index contributed by atoms with van der Waals surface area (Å²) in [5, 5.41) is 6.15. The Labute approximate surface area is 124 Å². The molecule has 1 aliphatic heterocycles. The number of nitrogens with one attached hydrogen (secondary N) is 2. The number of ether oxygens (including phenoxy) is 1. The van der Waals surface area contributed by atoms with E-state index < -0.39 is 5.91 Å². The van der Waals surface area contributed by atoms with Crippen LogP contribution in [-0.4, -0.2) is 31.0 Å². The maximum absolute atomic E-state index is 12.0. The molecule has 1 atom stereocenters. The number of anilines is 1. The van der Waals surface area contributed by atoms with Crippen molar-refractivity contribution in [3.8, 4) is 5.75 Å². The monoisotopic (exact) mass is 291 g/mol. The summed E-state index contributed by atoms with van der Waals surface area (Å²) >= 11 is 0. The van der Waals surface area contributed by atoms with Crippen LogP contribution in [0.1, 0.15) is 25.7 Å². The van der Waals surface area contributed by atoms with Gasteiger partial charge in [0.15, 0.2) is 0 Å². The van der Waals surface area contributed by atoms with Crippen molar-refractivity contribution >= 4 is 17.5 Å². The van der Waals surface area contributed by atoms with E-state index in [0.29, 0.717) is 17.9 Å². The smallest absolute Gasteiger partial charge is 0.226 e. The molecule has 4 N–H and O–H groups in total. The minimum absolute atomic E-state index is 0.0413. The molecule has 0 saturated carbocycles. The summed E-state index contributed by atoms with van der Waals surface area (Å²) in [6, 6.07) is 7.43. The number of carbonyl (C=O) groups is 2. The predicted molar refractivity (Wildman–Crippen MR) is 80.0 cm³/mol. The van der Waals surface area contributed by atoms with E-state index in [4.69, 9.17) is 10.5 Å². The molecule has 21 heavy (non-hydrogen) atoms. The van der Waals surface area contributed by atoms with Crippen LogP contribution in [0.2, 0.25) is 0 Å². The third-order valence-electron chi connectivity index (χ3n) is 3.36. The molecule has 114 valence electrons. The lowest BCUT2D eigenvalue weighted by atomic mass is 10.1. The number of carbonyl (C=O) groups excluding carboxylic acids is 2. The number of primary amides is 1. The number of amides is 2. The van der Waals surface area contributed by atoms with Crippen molar-refractivity contribution in [3.63, 3.8) is 0 Å². The van der Waals surface area contributed by atoms with Crippen LogP contribution in [0.4, 0.5) is 5.69 Å². The van der Waals surface area contributed by atoms with E-state index in [2.05, 4.69) is 10.6 Å². The minimum Gasteiger partial charge on any atom is -0.491 e. The molecular weight excluding hydrogens is 270 g/mol. The first-order chi connectivity index (χ1) is 10.1. The number of benzene rings is 1. The van der Waals surface area contributed by atoms with E-state index >= 15 is 0 Å². The molecule has 2 rings (SSSR count). The van der Waals surface area contributed by atoms with E-state index in [9.17, 15) is 9.59 Å². The van der Waals surface area contributed by atoms with Crippen molar-refractivity contribution in [2.45, 2.75) is 31.7 Å². The molecule has 1 aromatic rings. The maximum atomic E-state index is 12.0. The molecule has 0 radical (unpaired) electrons.